The van der Waals surface area contributed by atoms with Crippen molar-refractivity contribution in [3.63, 3.8) is 0 Å². The average molecular weight is 425 g/mol. The molecule has 0 bridgehead atoms. The lowest BCUT2D eigenvalue weighted by molar-refractivity contribution is -0.175. The molecule has 2 fully saturated rings. The van der Waals surface area contributed by atoms with Crippen LogP contribution in [-0.2, 0) is 16.1 Å². The van der Waals surface area contributed by atoms with E-state index in [0.29, 0.717) is 43.8 Å². The Kier molecular flexibility index (Phi) is 6.98. The molecule has 0 unspecified atom stereocenters. The molecule has 5 atom stereocenters. The summed E-state index contributed by atoms with van der Waals surface area (Å²) in [6.45, 7) is 17.1. The number of carbonyl (C=O) groups is 1. The number of ether oxygens (including phenoxy) is 1. The second-order valence-electron chi connectivity index (χ2n) is 10.5. The third-order valence-corrected chi connectivity index (χ3v) is 8.33. The quantitative estimate of drug-likeness (QED) is 0.475. The van der Waals surface area contributed by atoms with Crippen molar-refractivity contribution in [3.8, 4) is 0 Å². The minimum atomic E-state index is -1.18. The predicted molar refractivity (Wildman–Crippen MR) is 127 cm³/mol. The van der Waals surface area contributed by atoms with Crippen molar-refractivity contribution < 1.29 is 14.6 Å². The van der Waals surface area contributed by atoms with Gasteiger partial charge in [0.15, 0.2) is 0 Å². The maximum Gasteiger partial charge on any atom is 0.139 e. The van der Waals surface area contributed by atoms with Crippen LogP contribution in [0.5, 0.6) is 0 Å². The third-order valence-electron chi connectivity index (χ3n) is 8.33. The molecule has 1 aromatic rings. The van der Waals surface area contributed by atoms with E-state index in [2.05, 4.69) is 46.1 Å². The van der Waals surface area contributed by atoms with Gasteiger partial charge in [-0.15, -0.1) is 6.58 Å². The monoisotopic (exact) mass is 424 g/mol. The first-order chi connectivity index (χ1) is 14.6. The number of hydrogen-bond acceptors (Lipinski definition) is 3. The largest absolute Gasteiger partial charge is 0.385 e. The predicted octanol–water partition coefficient (Wildman–Crippen LogP) is 6.27. The molecular weight excluding hydrogens is 384 g/mol. The number of ketones is 1. The molecule has 2 saturated carbocycles. The molecule has 3 nitrogen and oxygen atoms in total. The smallest absolute Gasteiger partial charge is 0.139 e. The Hall–Kier alpha value is -1.71. The van der Waals surface area contributed by atoms with Gasteiger partial charge in [-0.1, -0.05) is 63.8 Å². The highest BCUT2D eigenvalue weighted by atomic mass is 16.5. The van der Waals surface area contributed by atoms with Gasteiger partial charge in [0.1, 0.15) is 5.78 Å². The topological polar surface area (TPSA) is 46.5 Å². The Balaban J connectivity index is 1.93. The maximum absolute atomic E-state index is 13.1. The highest BCUT2D eigenvalue weighted by molar-refractivity contribution is 5.83. The number of Topliss-reactive ketones (excluding diaryl/α,β-unsaturated/α-hetero) is 1. The van der Waals surface area contributed by atoms with Crippen molar-refractivity contribution in [1.29, 1.82) is 0 Å². The summed E-state index contributed by atoms with van der Waals surface area (Å²) in [4.78, 5) is 13.1. The number of rotatable bonds is 9. The van der Waals surface area contributed by atoms with E-state index in [1.807, 2.05) is 25.1 Å². The lowest BCUT2D eigenvalue weighted by Crippen LogP contribution is -2.58. The highest BCUT2D eigenvalue weighted by Gasteiger charge is 2.64. The molecule has 0 radical (unpaired) electrons. The van der Waals surface area contributed by atoms with Crippen LogP contribution in [-0.4, -0.2) is 22.1 Å². The Morgan fingerprint density at radius 2 is 1.94 bits per heavy atom. The Bertz CT molecular complexity index is 813. The number of aliphatic hydroxyl groups is 1. The van der Waals surface area contributed by atoms with Gasteiger partial charge in [-0.2, -0.15) is 0 Å². The van der Waals surface area contributed by atoms with E-state index in [4.69, 9.17) is 4.74 Å². The zero-order valence-corrected chi connectivity index (χ0v) is 19.8. The highest BCUT2D eigenvalue weighted by Crippen LogP contribution is 2.64. The first-order valence-corrected chi connectivity index (χ1v) is 11.8. The van der Waals surface area contributed by atoms with Gasteiger partial charge in [-0.05, 0) is 67.4 Å². The molecule has 3 rings (SSSR count). The summed E-state index contributed by atoms with van der Waals surface area (Å²) in [5.41, 5.74) is 0.335. The molecule has 0 aromatic heterocycles. The van der Waals surface area contributed by atoms with Crippen molar-refractivity contribution in [2.75, 3.05) is 0 Å². The van der Waals surface area contributed by atoms with Crippen molar-refractivity contribution in [2.45, 2.75) is 84.0 Å². The summed E-state index contributed by atoms with van der Waals surface area (Å²) in [7, 11) is 0. The van der Waals surface area contributed by atoms with E-state index in [-0.39, 0.29) is 22.7 Å². The molecule has 31 heavy (non-hydrogen) atoms. The molecule has 1 aromatic carbocycles. The van der Waals surface area contributed by atoms with Crippen LogP contribution in [0.15, 0.2) is 55.1 Å². The fraction of sp³-hybridized carbons (Fsp3) is 0.607. The number of hydrogen-bond donors (Lipinski definition) is 1. The van der Waals surface area contributed by atoms with Crippen molar-refractivity contribution in [1.82, 2.24) is 0 Å². The van der Waals surface area contributed by atoms with Crippen LogP contribution in [0.2, 0.25) is 0 Å². The summed E-state index contributed by atoms with van der Waals surface area (Å²) in [6, 6.07) is 10.3. The molecule has 0 spiro atoms. The van der Waals surface area contributed by atoms with Crippen LogP contribution in [0.4, 0.5) is 0 Å². The minimum Gasteiger partial charge on any atom is -0.385 e. The second kappa shape index (κ2) is 9.03. The molecule has 3 heteroatoms. The first kappa shape index (κ1) is 23.9. The molecule has 2 aliphatic carbocycles. The van der Waals surface area contributed by atoms with E-state index in [1.165, 1.54) is 5.56 Å². The Morgan fingerprint density at radius 1 is 1.26 bits per heavy atom. The number of benzene rings is 1. The van der Waals surface area contributed by atoms with Gasteiger partial charge >= 0.3 is 0 Å². The van der Waals surface area contributed by atoms with Crippen LogP contribution < -0.4 is 0 Å². The second-order valence-corrected chi connectivity index (χ2v) is 10.5. The van der Waals surface area contributed by atoms with Gasteiger partial charge < -0.3 is 9.84 Å². The number of allylic oxidation sites excluding steroid dienone is 1. The van der Waals surface area contributed by atoms with Crippen LogP contribution in [0.25, 0.3) is 0 Å². The van der Waals surface area contributed by atoms with Crippen LogP contribution in [0.1, 0.15) is 71.8 Å². The van der Waals surface area contributed by atoms with E-state index in [1.54, 1.807) is 6.08 Å². The SMILES string of the molecule is C=CCCC(=O)[C@H]1C[C@@]2(C)CC[C@@](OCc3ccccc3)(C(C)C)[C@@H]2C[C@]1(O)C(=C)C. The molecule has 2 aliphatic rings. The standard InChI is InChI=1S/C28H40O3/c1-7-8-14-24(29)23-17-26(6)15-16-28(21(4)5,25(26)18-27(23,30)20(2)3)31-19-22-12-10-9-11-13-22/h7,9-13,21,23,25,30H,1-2,8,14-19H2,3-6H3/t23-,25-,26-,27+,28-/m1/s1. The molecule has 170 valence electrons. The van der Waals surface area contributed by atoms with E-state index in [0.717, 1.165) is 12.8 Å². The summed E-state index contributed by atoms with van der Waals surface area (Å²) in [6.07, 6.45) is 6.07. The van der Waals surface area contributed by atoms with Crippen molar-refractivity contribution >= 4 is 5.78 Å². The number of fused-ring (bicyclic) bond motifs is 1. The summed E-state index contributed by atoms with van der Waals surface area (Å²) in [5, 5.41) is 11.8. The molecule has 0 heterocycles. The lowest BCUT2D eigenvalue weighted by atomic mass is 9.54. The zero-order valence-electron chi connectivity index (χ0n) is 19.8. The molecule has 0 amide bonds. The van der Waals surface area contributed by atoms with Gasteiger partial charge in [-0.3, -0.25) is 4.79 Å². The fourth-order valence-electron chi connectivity index (χ4n) is 6.26. The maximum atomic E-state index is 13.1. The normalized spacial score (nSPS) is 35.0. The van der Waals surface area contributed by atoms with Crippen LogP contribution in [0, 0.1) is 23.2 Å². The third kappa shape index (κ3) is 4.32. The Labute approximate surface area is 188 Å². The van der Waals surface area contributed by atoms with Gasteiger partial charge in [0.2, 0.25) is 0 Å². The van der Waals surface area contributed by atoms with Crippen molar-refractivity contribution in [2.24, 2.45) is 23.2 Å². The average Bonchev–Trinajstić information content (AvgIpc) is 3.03. The first-order valence-electron chi connectivity index (χ1n) is 11.8. The van der Waals surface area contributed by atoms with E-state index >= 15 is 0 Å². The summed E-state index contributed by atoms with van der Waals surface area (Å²) < 4.78 is 6.77. The zero-order chi connectivity index (χ0) is 22.9. The van der Waals surface area contributed by atoms with Crippen molar-refractivity contribution in [3.05, 3.63) is 60.7 Å². The molecule has 1 N–H and O–H groups in total. The van der Waals surface area contributed by atoms with Crippen LogP contribution in [0.3, 0.4) is 0 Å². The Morgan fingerprint density at radius 3 is 2.52 bits per heavy atom. The fourth-order valence-corrected chi connectivity index (χ4v) is 6.26. The van der Waals surface area contributed by atoms with Gasteiger partial charge in [0.25, 0.3) is 0 Å². The lowest BCUT2D eigenvalue weighted by Gasteiger charge is -2.54. The van der Waals surface area contributed by atoms with Crippen LogP contribution >= 0.6 is 0 Å². The van der Waals surface area contributed by atoms with E-state index in [9.17, 15) is 9.90 Å². The minimum absolute atomic E-state index is 0.0306. The molecule has 0 aliphatic heterocycles. The van der Waals surface area contributed by atoms with Gasteiger partial charge in [0.05, 0.1) is 23.7 Å². The molecular formula is C28H40O3. The molecule has 0 saturated heterocycles. The summed E-state index contributed by atoms with van der Waals surface area (Å²) in [5.74, 6) is 0.222. The summed E-state index contributed by atoms with van der Waals surface area (Å²) >= 11 is 0. The van der Waals surface area contributed by atoms with Gasteiger partial charge in [0, 0.05) is 6.42 Å². The van der Waals surface area contributed by atoms with Gasteiger partial charge in [-0.25, -0.2) is 0 Å². The number of carbonyl (C=O) groups excluding carboxylic acids is 1. The van der Waals surface area contributed by atoms with E-state index < -0.39 is 11.5 Å².